The molecule has 4 nitrogen and oxygen atoms in total. The van der Waals surface area contributed by atoms with E-state index in [0.29, 0.717) is 26.1 Å². The summed E-state index contributed by atoms with van der Waals surface area (Å²) in [6.45, 7) is 1.83. The van der Waals surface area contributed by atoms with Gasteiger partial charge in [-0.1, -0.05) is 24.3 Å². The Morgan fingerprint density at radius 3 is 2.75 bits per heavy atom. The minimum Gasteiger partial charge on any atom is -0.337 e. The molecule has 1 heterocycles. The van der Waals surface area contributed by atoms with Crippen LogP contribution in [0.4, 0.5) is 0 Å². The van der Waals surface area contributed by atoms with Crippen LogP contribution in [0.15, 0.2) is 24.3 Å². The number of nitrogens with zero attached hydrogens (tertiary/aromatic N) is 1. The van der Waals surface area contributed by atoms with Crippen LogP contribution in [0.5, 0.6) is 0 Å². The number of likely N-dealkylation sites (tertiary alicyclic amines) is 1. The van der Waals surface area contributed by atoms with Crippen molar-refractivity contribution in [2.45, 2.75) is 25.6 Å². The first-order valence-electron chi connectivity index (χ1n) is 5.50. The molecule has 1 atom stereocenters. The Morgan fingerprint density at radius 1 is 1.38 bits per heavy atom. The third-order valence-electron chi connectivity index (χ3n) is 2.84. The van der Waals surface area contributed by atoms with Gasteiger partial charge in [0, 0.05) is 32.1 Å². The number of amides is 1. The van der Waals surface area contributed by atoms with Gasteiger partial charge in [-0.25, -0.2) is 0 Å². The van der Waals surface area contributed by atoms with Gasteiger partial charge in [0.05, 0.1) is 0 Å². The molecule has 1 unspecified atom stereocenters. The fraction of sp³-hybridized carbons (Fsp3) is 0.417. The molecule has 1 fully saturated rings. The molecule has 0 radical (unpaired) electrons. The minimum absolute atomic E-state index is 0.00908. The maximum absolute atomic E-state index is 11.6. The standard InChI is InChI=1S/C12H17N3O/c13-6-9-2-1-3-10(4-9)7-15-8-11(14)5-12(15)16/h1-4,11H,5-8,13-14H2. The lowest BCUT2D eigenvalue weighted by Crippen LogP contribution is -2.27. The van der Waals surface area contributed by atoms with Crippen LogP contribution in [-0.2, 0) is 17.9 Å². The average molecular weight is 219 g/mol. The van der Waals surface area contributed by atoms with E-state index in [1.54, 1.807) is 4.90 Å². The Labute approximate surface area is 95.2 Å². The summed E-state index contributed by atoms with van der Waals surface area (Å²) < 4.78 is 0. The maximum Gasteiger partial charge on any atom is 0.224 e. The molecule has 4 N–H and O–H groups in total. The van der Waals surface area contributed by atoms with Crippen LogP contribution in [0.1, 0.15) is 17.5 Å². The van der Waals surface area contributed by atoms with Crippen LogP contribution in [0.2, 0.25) is 0 Å². The predicted octanol–water partition coefficient (Wildman–Crippen LogP) is 0.205. The van der Waals surface area contributed by atoms with Crippen molar-refractivity contribution in [3.8, 4) is 0 Å². The Kier molecular flexibility index (Phi) is 3.22. The van der Waals surface area contributed by atoms with Crippen molar-refractivity contribution < 1.29 is 4.79 Å². The highest BCUT2D eigenvalue weighted by Crippen LogP contribution is 2.14. The van der Waals surface area contributed by atoms with E-state index in [1.165, 1.54) is 0 Å². The average Bonchev–Trinajstić information content (AvgIpc) is 2.58. The van der Waals surface area contributed by atoms with Crippen LogP contribution >= 0.6 is 0 Å². The molecular formula is C12H17N3O. The molecule has 1 aromatic rings. The van der Waals surface area contributed by atoms with Crippen molar-refractivity contribution >= 4 is 5.91 Å². The number of carbonyl (C=O) groups is 1. The lowest BCUT2D eigenvalue weighted by atomic mass is 10.1. The van der Waals surface area contributed by atoms with E-state index in [2.05, 4.69) is 0 Å². The zero-order valence-electron chi connectivity index (χ0n) is 9.23. The maximum atomic E-state index is 11.6. The van der Waals surface area contributed by atoms with Gasteiger partial charge in [-0.3, -0.25) is 4.79 Å². The second kappa shape index (κ2) is 4.63. The third kappa shape index (κ3) is 2.40. The normalized spacial score (nSPS) is 20.5. The van der Waals surface area contributed by atoms with Crippen LogP contribution in [0.25, 0.3) is 0 Å². The van der Waals surface area contributed by atoms with Crippen molar-refractivity contribution in [1.82, 2.24) is 4.90 Å². The Balaban J connectivity index is 2.06. The predicted molar refractivity (Wildman–Crippen MR) is 62.3 cm³/mol. The smallest absolute Gasteiger partial charge is 0.224 e. The highest BCUT2D eigenvalue weighted by molar-refractivity contribution is 5.79. The second-order valence-electron chi connectivity index (χ2n) is 4.26. The van der Waals surface area contributed by atoms with Gasteiger partial charge in [0.1, 0.15) is 0 Å². The Bertz CT molecular complexity index is 392. The van der Waals surface area contributed by atoms with Crippen molar-refractivity contribution in [3.05, 3.63) is 35.4 Å². The lowest BCUT2D eigenvalue weighted by Gasteiger charge is -2.16. The number of hydrogen-bond donors (Lipinski definition) is 2. The SMILES string of the molecule is NCc1cccc(CN2CC(N)CC2=O)c1. The van der Waals surface area contributed by atoms with Crippen molar-refractivity contribution in [2.24, 2.45) is 11.5 Å². The van der Waals surface area contributed by atoms with E-state index in [9.17, 15) is 4.79 Å². The molecule has 4 heteroatoms. The molecule has 1 aliphatic heterocycles. The van der Waals surface area contributed by atoms with Crippen LogP contribution in [0.3, 0.4) is 0 Å². The lowest BCUT2D eigenvalue weighted by molar-refractivity contribution is -0.128. The van der Waals surface area contributed by atoms with Gasteiger partial charge in [0.15, 0.2) is 0 Å². The van der Waals surface area contributed by atoms with Crippen molar-refractivity contribution in [3.63, 3.8) is 0 Å². The molecule has 0 bridgehead atoms. The topological polar surface area (TPSA) is 72.3 Å². The number of rotatable bonds is 3. The summed E-state index contributed by atoms with van der Waals surface area (Å²) in [5.74, 6) is 0.144. The molecule has 1 saturated heterocycles. The molecule has 2 rings (SSSR count). The van der Waals surface area contributed by atoms with E-state index >= 15 is 0 Å². The molecule has 0 spiro atoms. The summed E-state index contributed by atoms with van der Waals surface area (Å²) in [7, 11) is 0. The highest BCUT2D eigenvalue weighted by Gasteiger charge is 2.26. The zero-order chi connectivity index (χ0) is 11.5. The van der Waals surface area contributed by atoms with Crippen molar-refractivity contribution in [2.75, 3.05) is 6.54 Å². The van der Waals surface area contributed by atoms with Gasteiger partial charge < -0.3 is 16.4 Å². The number of nitrogens with two attached hydrogens (primary N) is 2. The molecule has 0 aromatic heterocycles. The molecule has 0 aliphatic carbocycles. The first-order valence-corrected chi connectivity index (χ1v) is 5.50. The van der Waals surface area contributed by atoms with Gasteiger partial charge >= 0.3 is 0 Å². The summed E-state index contributed by atoms with van der Waals surface area (Å²) >= 11 is 0. The van der Waals surface area contributed by atoms with Crippen LogP contribution < -0.4 is 11.5 Å². The molecule has 86 valence electrons. The quantitative estimate of drug-likeness (QED) is 0.763. The van der Waals surface area contributed by atoms with Gasteiger partial charge in [-0.2, -0.15) is 0 Å². The van der Waals surface area contributed by atoms with Gasteiger partial charge in [-0.15, -0.1) is 0 Å². The molecule has 16 heavy (non-hydrogen) atoms. The molecule has 1 aromatic carbocycles. The van der Waals surface area contributed by atoms with E-state index in [-0.39, 0.29) is 11.9 Å². The molecule has 1 amide bonds. The van der Waals surface area contributed by atoms with E-state index in [1.807, 2.05) is 24.3 Å². The minimum atomic E-state index is -0.00908. The summed E-state index contributed by atoms with van der Waals surface area (Å²) in [4.78, 5) is 13.4. The fourth-order valence-corrected chi connectivity index (χ4v) is 2.03. The van der Waals surface area contributed by atoms with E-state index in [0.717, 1.165) is 11.1 Å². The number of carbonyl (C=O) groups excluding carboxylic acids is 1. The van der Waals surface area contributed by atoms with Gasteiger partial charge in [-0.05, 0) is 11.1 Å². The molecular weight excluding hydrogens is 202 g/mol. The largest absolute Gasteiger partial charge is 0.337 e. The second-order valence-corrected chi connectivity index (χ2v) is 4.26. The third-order valence-corrected chi connectivity index (χ3v) is 2.84. The summed E-state index contributed by atoms with van der Waals surface area (Å²) in [5, 5.41) is 0. The summed E-state index contributed by atoms with van der Waals surface area (Å²) in [6, 6.07) is 8.00. The van der Waals surface area contributed by atoms with E-state index in [4.69, 9.17) is 11.5 Å². The van der Waals surface area contributed by atoms with Crippen molar-refractivity contribution in [1.29, 1.82) is 0 Å². The van der Waals surface area contributed by atoms with Gasteiger partial charge in [0.25, 0.3) is 0 Å². The summed E-state index contributed by atoms with van der Waals surface area (Å²) in [5.41, 5.74) is 13.5. The highest BCUT2D eigenvalue weighted by atomic mass is 16.2. The van der Waals surface area contributed by atoms with Gasteiger partial charge in [0.2, 0.25) is 5.91 Å². The first-order chi connectivity index (χ1) is 7.69. The monoisotopic (exact) mass is 219 g/mol. The first kappa shape index (κ1) is 11.1. The summed E-state index contributed by atoms with van der Waals surface area (Å²) in [6.07, 6.45) is 0.469. The zero-order valence-corrected chi connectivity index (χ0v) is 9.23. The number of benzene rings is 1. The molecule has 1 aliphatic rings. The fourth-order valence-electron chi connectivity index (χ4n) is 2.03. The molecule has 0 saturated carbocycles. The van der Waals surface area contributed by atoms with Crippen LogP contribution in [-0.4, -0.2) is 23.4 Å². The Hall–Kier alpha value is -1.39. The number of hydrogen-bond acceptors (Lipinski definition) is 3. The van der Waals surface area contributed by atoms with Crippen LogP contribution in [0, 0.1) is 0 Å². The van der Waals surface area contributed by atoms with E-state index < -0.39 is 0 Å². The Morgan fingerprint density at radius 2 is 2.12 bits per heavy atom.